The van der Waals surface area contributed by atoms with Crippen LogP contribution in [-0.2, 0) is 19.4 Å². The molecule has 1 N–H and O–H groups in total. The summed E-state index contributed by atoms with van der Waals surface area (Å²) in [4.78, 5) is 0. The molecule has 4 heteroatoms. The van der Waals surface area contributed by atoms with E-state index in [2.05, 4.69) is 35.4 Å². The fourth-order valence-electron chi connectivity index (χ4n) is 3.73. The summed E-state index contributed by atoms with van der Waals surface area (Å²) in [5, 5.41) is 18.2. The van der Waals surface area contributed by atoms with Gasteiger partial charge in [0.2, 0.25) is 0 Å². The summed E-state index contributed by atoms with van der Waals surface area (Å²) in [6.07, 6.45) is 9.92. The Balaban J connectivity index is 1.84. The number of rotatable bonds is 6. The SMILES string of the molecule is CCc1ccccc1-n1nnc(CO)c1CCC1CCCCC1. The van der Waals surface area contributed by atoms with Gasteiger partial charge in [0.05, 0.1) is 18.0 Å². The van der Waals surface area contributed by atoms with Gasteiger partial charge in [0.25, 0.3) is 0 Å². The van der Waals surface area contributed by atoms with E-state index in [1.165, 1.54) is 44.1 Å². The van der Waals surface area contributed by atoms with E-state index in [1.807, 2.05) is 10.7 Å². The first-order valence-electron chi connectivity index (χ1n) is 8.96. The van der Waals surface area contributed by atoms with E-state index in [0.29, 0.717) is 0 Å². The third-order valence-electron chi connectivity index (χ3n) is 5.11. The highest BCUT2D eigenvalue weighted by atomic mass is 16.3. The normalized spacial score (nSPS) is 15.9. The van der Waals surface area contributed by atoms with Crippen LogP contribution in [0.5, 0.6) is 0 Å². The lowest BCUT2D eigenvalue weighted by Crippen LogP contribution is -2.11. The van der Waals surface area contributed by atoms with Crippen LogP contribution in [0.1, 0.15) is 62.4 Å². The Labute approximate surface area is 138 Å². The molecule has 1 aliphatic carbocycles. The lowest BCUT2D eigenvalue weighted by Gasteiger charge is -2.21. The zero-order valence-electron chi connectivity index (χ0n) is 14.0. The zero-order valence-corrected chi connectivity index (χ0v) is 14.0. The first-order valence-corrected chi connectivity index (χ1v) is 8.96. The number of aromatic nitrogens is 3. The molecule has 1 aromatic carbocycles. The van der Waals surface area contributed by atoms with Crippen molar-refractivity contribution in [3.8, 4) is 5.69 Å². The highest BCUT2D eigenvalue weighted by Crippen LogP contribution is 2.28. The van der Waals surface area contributed by atoms with Crippen LogP contribution in [0.15, 0.2) is 24.3 Å². The predicted molar refractivity (Wildman–Crippen MR) is 91.6 cm³/mol. The van der Waals surface area contributed by atoms with Crippen molar-refractivity contribution in [1.82, 2.24) is 15.0 Å². The predicted octanol–water partition coefficient (Wildman–Crippen LogP) is 3.83. The first-order chi connectivity index (χ1) is 11.3. The average molecular weight is 313 g/mol. The van der Waals surface area contributed by atoms with Gasteiger partial charge in [-0.15, -0.1) is 5.10 Å². The Morgan fingerprint density at radius 3 is 2.70 bits per heavy atom. The quantitative estimate of drug-likeness (QED) is 0.881. The number of nitrogens with zero attached hydrogens (tertiary/aromatic N) is 3. The first kappa shape index (κ1) is 16.2. The molecule has 1 fully saturated rings. The monoisotopic (exact) mass is 313 g/mol. The Morgan fingerprint density at radius 2 is 1.96 bits per heavy atom. The average Bonchev–Trinajstić information content (AvgIpc) is 3.03. The van der Waals surface area contributed by atoms with E-state index in [9.17, 15) is 5.11 Å². The highest BCUT2D eigenvalue weighted by molar-refractivity contribution is 5.42. The van der Waals surface area contributed by atoms with Crippen molar-refractivity contribution < 1.29 is 5.11 Å². The van der Waals surface area contributed by atoms with Crippen LogP contribution >= 0.6 is 0 Å². The van der Waals surface area contributed by atoms with Crippen molar-refractivity contribution >= 4 is 0 Å². The summed E-state index contributed by atoms with van der Waals surface area (Å²) in [5.41, 5.74) is 4.17. The van der Waals surface area contributed by atoms with Crippen LogP contribution in [0, 0.1) is 5.92 Å². The topological polar surface area (TPSA) is 50.9 Å². The van der Waals surface area contributed by atoms with Crippen LogP contribution in [-0.4, -0.2) is 20.1 Å². The molecule has 1 saturated carbocycles. The molecule has 0 radical (unpaired) electrons. The second-order valence-electron chi connectivity index (χ2n) is 6.58. The summed E-state index contributed by atoms with van der Waals surface area (Å²) in [7, 11) is 0. The molecule has 1 aliphatic rings. The molecule has 0 unspecified atom stereocenters. The van der Waals surface area contributed by atoms with Gasteiger partial charge in [-0.2, -0.15) is 0 Å². The second-order valence-corrected chi connectivity index (χ2v) is 6.58. The second kappa shape index (κ2) is 7.73. The molecule has 1 heterocycles. The van der Waals surface area contributed by atoms with Gasteiger partial charge >= 0.3 is 0 Å². The molecule has 0 spiro atoms. The van der Waals surface area contributed by atoms with Gasteiger partial charge < -0.3 is 5.11 Å². The van der Waals surface area contributed by atoms with Gasteiger partial charge in [-0.05, 0) is 36.8 Å². The van der Waals surface area contributed by atoms with Crippen molar-refractivity contribution in [2.45, 2.75) is 64.9 Å². The molecule has 3 rings (SSSR count). The Morgan fingerprint density at radius 1 is 1.17 bits per heavy atom. The fraction of sp³-hybridized carbons (Fsp3) is 0.579. The Hall–Kier alpha value is -1.68. The Bertz CT molecular complexity index is 629. The molecule has 4 nitrogen and oxygen atoms in total. The summed E-state index contributed by atoms with van der Waals surface area (Å²) in [6, 6.07) is 8.34. The minimum absolute atomic E-state index is 0.0334. The fourth-order valence-corrected chi connectivity index (χ4v) is 3.73. The van der Waals surface area contributed by atoms with Gasteiger partial charge in [0.15, 0.2) is 0 Å². The maximum atomic E-state index is 9.63. The smallest absolute Gasteiger partial charge is 0.112 e. The van der Waals surface area contributed by atoms with Gasteiger partial charge in [0.1, 0.15) is 5.69 Å². The molecule has 0 atom stereocenters. The molecular formula is C19H27N3O. The van der Waals surface area contributed by atoms with E-state index in [1.54, 1.807) is 0 Å². The van der Waals surface area contributed by atoms with Gasteiger partial charge in [-0.25, -0.2) is 4.68 Å². The summed E-state index contributed by atoms with van der Waals surface area (Å²) >= 11 is 0. The van der Waals surface area contributed by atoms with Crippen molar-refractivity contribution in [1.29, 1.82) is 0 Å². The summed E-state index contributed by atoms with van der Waals surface area (Å²) in [6.45, 7) is 2.12. The summed E-state index contributed by atoms with van der Waals surface area (Å²) in [5.74, 6) is 0.820. The lowest BCUT2D eigenvalue weighted by molar-refractivity contribution is 0.274. The van der Waals surface area contributed by atoms with Crippen molar-refractivity contribution in [2.75, 3.05) is 0 Å². The van der Waals surface area contributed by atoms with Gasteiger partial charge in [-0.3, -0.25) is 0 Å². The van der Waals surface area contributed by atoms with Crippen LogP contribution in [0.3, 0.4) is 0 Å². The largest absolute Gasteiger partial charge is 0.390 e. The number of benzene rings is 1. The van der Waals surface area contributed by atoms with Crippen molar-refractivity contribution in [3.05, 3.63) is 41.2 Å². The van der Waals surface area contributed by atoms with Crippen molar-refractivity contribution in [2.24, 2.45) is 5.92 Å². The minimum Gasteiger partial charge on any atom is -0.390 e. The molecule has 2 aromatic rings. The molecule has 0 amide bonds. The van der Waals surface area contributed by atoms with Crippen LogP contribution in [0.4, 0.5) is 0 Å². The molecule has 1 aromatic heterocycles. The minimum atomic E-state index is -0.0334. The molecule has 0 bridgehead atoms. The number of aliphatic hydroxyl groups is 1. The van der Waals surface area contributed by atoms with Crippen LogP contribution in [0.25, 0.3) is 5.69 Å². The Kier molecular flexibility index (Phi) is 5.44. The number of aryl methyl sites for hydroxylation is 1. The third kappa shape index (κ3) is 3.63. The van der Waals surface area contributed by atoms with Crippen molar-refractivity contribution in [3.63, 3.8) is 0 Å². The van der Waals surface area contributed by atoms with E-state index in [0.717, 1.165) is 35.8 Å². The number of aliphatic hydroxyl groups excluding tert-OH is 1. The molecule has 0 saturated heterocycles. The van der Waals surface area contributed by atoms with E-state index < -0.39 is 0 Å². The number of hydrogen-bond donors (Lipinski definition) is 1. The maximum Gasteiger partial charge on any atom is 0.112 e. The summed E-state index contributed by atoms with van der Waals surface area (Å²) < 4.78 is 1.95. The lowest BCUT2D eigenvalue weighted by atomic mass is 9.85. The molecular weight excluding hydrogens is 286 g/mol. The number of hydrogen-bond acceptors (Lipinski definition) is 3. The molecule has 23 heavy (non-hydrogen) atoms. The van der Waals surface area contributed by atoms with E-state index in [-0.39, 0.29) is 6.61 Å². The van der Waals surface area contributed by atoms with E-state index in [4.69, 9.17) is 0 Å². The third-order valence-corrected chi connectivity index (χ3v) is 5.11. The highest BCUT2D eigenvalue weighted by Gasteiger charge is 2.19. The standard InChI is InChI=1S/C19H27N3O/c1-2-16-10-6-7-11-18(16)22-19(17(14-23)20-21-22)13-12-15-8-4-3-5-9-15/h6-7,10-11,15,23H,2-5,8-9,12-14H2,1H3. The zero-order chi connectivity index (χ0) is 16.1. The van der Waals surface area contributed by atoms with Gasteiger partial charge in [-0.1, -0.05) is 62.4 Å². The number of para-hydroxylation sites is 1. The molecule has 124 valence electrons. The molecule has 0 aliphatic heterocycles. The van der Waals surface area contributed by atoms with E-state index >= 15 is 0 Å². The maximum absolute atomic E-state index is 9.63. The van der Waals surface area contributed by atoms with Crippen LogP contribution < -0.4 is 0 Å². The van der Waals surface area contributed by atoms with Gasteiger partial charge in [0, 0.05) is 0 Å². The van der Waals surface area contributed by atoms with Crippen LogP contribution in [0.2, 0.25) is 0 Å².